The monoisotopic (exact) mass is 518 g/mol. The van der Waals surface area contributed by atoms with Gasteiger partial charge in [-0.2, -0.15) is 13.2 Å². The quantitative estimate of drug-likeness (QED) is 0.426. The third-order valence-electron chi connectivity index (χ3n) is 5.12. The Hall–Kier alpha value is -3.22. The van der Waals surface area contributed by atoms with Gasteiger partial charge in [0.2, 0.25) is 15.9 Å². The molecule has 2 N–H and O–H groups in total. The Morgan fingerprint density at radius 3 is 2.31 bits per heavy atom. The molecule has 3 rings (SSSR count). The first-order valence-electron chi connectivity index (χ1n) is 10.6. The highest BCUT2D eigenvalue weighted by molar-refractivity contribution is 7.92. The van der Waals surface area contributed by atoms with Crippen molar-refractivity contribution in [1.82, 2.24) is 10.3 Å². The molecule has 1 aliphatic rings. The highest BCUT2D eigenvalue weighted by atomic mass is 32.2. The van der Waals surface area contributed by atoms with Crippen LogP contribution in [0.2, 0.25) is 0 Å². The molecule has 0 aliphatic carbocycles. The molecule has 1 aliphatic heterocycles. The minimum Gasteiger partial charge on any atom is -0.356 e. The van der Waals surface area contributed by atoms with Crippen LogP contribution in [0.3, 0.4) is 0 Å². The number of nitrogens with zero attached hydrogens (tertiary/aromatic N) is 2. The predicted octanol–water partition coefficient (Wildman–Crippen LogP) is 4.07. The fourth-order valence-electron chi connectivity index (χ4n) is 3.53. The van der Waals surface area contributed by atoms with Crippen LogP contribution in [0.15, 0.2) is 30.3 Å². The molecule has 0 unspecified atom stereocenters. The maximum Gasteiger partial charge on any atom is 0.433 e. The van der Waals surface area contributed by atoms with Crippen molar-refractivity contribution in [3.63, 3.8) is 0 Å². The number of amides is 1. The molecule has 0 atom stereocenters. The molecule has 0 spiro atoms. The smallest absolute Gasteiger partial charge is 0.356 e. The van der Waals surface area contributed by atoms with E-state index in [1.54, 1.807) is 9.62 Å². The summed E-state index contributed by atoms with van der Waals surface area (Å²) < 4.78 is 91.8. The number of benzene rings is 1. The molecule has 0 saturated carbocycles. The van der Waals surface area contributed by atoms with Crippen molar-refractivity contribution in [2.75, 3.05) is 29.0 Å². The number of hydrogen-bond acceptors (Lipinski definition) is 5. The van der Waals surface area contributed by atoms with Crippen LogP contribution in [-0.2, 0) is 27.5 Å². The molecule has 7 nitrogen and oxygen atoms in total. The minimum absolute atomic E-state index is 0.0333. The molecule has 2 aromatic rings. The van der Waals surface area contributed by atoms with Crippen LogP contribution in [0.5, 0.6) is 0 Å². The van der Waals surface area contributed by atoms with Crippen LogP contribution in [0.4, 0.5) is 33.5 Å². The highest BCUT2D eigenvalue weighted by Crippen LogP contribution is 2.32. The molecule has 35 heavy (non-hydrogen) atoms. The molecule has 1 fully saturated rings. The Labute approximate surface area is 199 Å². The summed E-state index contributed by atoms with van der Waals surface area (Å²) in [5.74, 6) is -2.84. The van der Waals surface area contributed by atoms with Gasteiger partial charge in [0.15, 0.2) is 11.6 Å². The van der Waals surface area contributed by atoms with E-state index in [9.17, 15) is 35.2 Å². The third-order valence-corrected chi connectivity index (χ3v) is 5.70. The number of halogens is 5. The Morgan fingerprint density at radius 1 is 1.11 bits per heavy atom. The summed E-state index contributed by atoms with van der Waals surface area (Å²) in [6.45, 7) is 0.811. The van der Waals surface area contributed by atoms with Gasteiger partial charge in [-0.1, -0.05) is 0 Å². The lowest BCUT2D eigenvalue weighted by Crippen LogP contribution is -2.31. The third kappa shape index (κ3) is 7.38. The number of carbonyl (C=O) groups excluding carboxylic acids is 1. The molecular weight excluding hydrogens is 495 g/mol. The van der Waals surface area contributed by atoms with Crippen molar-refractivity contribution >= 4 is 33.5 Å². The van der Waals surface area contributed by atoms with Crippen LogP contribution in [0.25, 0.3) is 6.08 Å². The number of aromatic nitrogens is 1. The molecule has 1 amide bonds. The number of pyridine rings is 1. The molecule has 2 heterocycles. The van der Waals surface area contributed by atoms with E-state index in [1.165, 1.54) is 12.1 Å². The van der Waals surface area contributed by atoms with Crippen LogP contribution < -0.4 is 14.9 Å². The van der Waals surface area contributed by atoms with Gasteiger partial charge < -0.3 is 10.2 Å². The number of sulfonamides is 1. The molecule has 1 aromatic carbocycles. The summed E-state index contributed by atoms with van der Waals surface area (Å²) >= 11 is 0. The van der Waals surface area contributed by atoms with Gasteiger partial charge in [-0.3, -0.25) is 9.52 Å². The van der Waals surface area contributed by atoms with E-state index in [4.69, 9.17) is 0 Å². The molecule has 0 radical (unpaired) electrons. The lowest BCUT2D eigenvalue weighted by Gasteiger charge is -2.29. The maximum atomic E-state index is 14.1. The topological polar surface area (TPSA) is 91.4 Å². The predicted molar refractivity (Wildman–Crippen MR) is 121 cm³/mol. The molecule has 190 valence electrons. The fourth-order valence-corrected chi connectivity index (χ4v) is 4.10. The first kappa shape index (κ1) is 26.4. The zero-order chi connectivity index (χ0) is 25.8. The second-order valence-corrected chi connectivity index (χ2v) is 9.76. The van der Waals surface area contributed by atoms with Crippen LogP contribution >= 0.6 is 0 Å². The number of rotatable bonds is 7. The van der Waals surface area contributed by atoms with Gasteiger partial charge in [0.25, 0.3) is 0 Å². The van der Waals surface area contributed by atoms with Gasteiger partial charge in [0, 0.05) is 31.3 Å². The first-order valence-corrected chi connectivity index (χ1v) is 12.5. The molecule has 0 bridgehead atoms. The van der Waals surface area contributed by atoms with Crippen molar-refractivity contribution < 1.29 is 35.2 Å². The Bertz CT molecular complexity index is 1200. The SMILES string of the molecule is CS(=O)(=O)Nc1c(F)cc(CNC(=O)C=Cc2ccc(C(F)(F)F)nc2N2CCCCC2)cc1F. The molecule has 13 heteroatoms. The largest absolute Gasteiger partial charge is 0.433 e. The number of carbonyl (C=O) groups is 1. The minimum atomic E-state index is -4.61. The van der Waals surface area contributed by atoms with Crippen molar-refractivity contribution in [3.05, 3.63) is 58.8 Å². The van der Waals surface area contributed by atoms with Gasteiger partial charge >= 0.3 is 6.18 Å². The number of hydrogen-bond donors (Lipinski definition) is 2. The van der Waals surface area contributed by atoms with E-state index in [0.717, 1.165) is 49.8 Å². The van der Waals surface area contributed by atoms with Gasteiger partial charge in [-0.05, 0) is 55.2 Å². The van der Waals surface area contributed by atoms with E-state index in [-0.39, 0.29) is 17.9 Å². The average molecular weight is 519 g/mol. The zero-order valence-electron chi connectivity index (χ0n) is 18.6. The fraction of sp³-hybridized carbons (Fsp3) is 0.364. The number of anilines is 2. The van der Waals surface area contributed by atoms with Gasteiger partial charge in [0.05, 0.1) is 6.26 Å². The summed E-state index contributed by atoms with van der Waals surface area (Å²) in [4.78, 5) is 17.8. The van der Waals surface area contributed by atoms with E-state index >= 15 is 0 Å². The maximum absolute atomic E-state index is 14.1. The summed E-state index contributed by atoms with van der Waals surface area (Å²) in [6, 6.07) is 3.81. The van der Waals surface area contributed by atoms with E-state index in [0.29, 0.717) is 18.7 Å². The second-order valence-electron chi connectivity index (χ2n) is 8.01. The van der Waals surface area contributed by atoms with Crippen molar-refractivity contribution in [2.45, 2.75) is 32.0 Å². The van der Waals surface area contributed by atoms with Crippen molar-refractivity contribution in [3.8, 4) is 0 Å². The standard InChI is InChI=1S/C22H23F5N4O3S/c1-35(33,34)30-20-16(23)11-14(12-17(20)24)13-28-19(32)8-6-15-5-7-18(22(25,26)27)29-21(15)31-9-3-2-4-10-31/h5-8,11-12,30H,2-4,9-10,13H2,1H3,(H,28,32). The number of alkyl halides is 3. The highest BCUT2D eigenvalue weighted by Gasteiger charge is 2.33. The lowest BCUT2D eigenvalue weighted by atomic mass is 10.1. The number of nitrogens with one attached hydrogen (secondary N) is 2. The van der Waals surface area contributed by atoms with Crippen molar-refractivity contribution in [1.29, 1.82) is 0 Å². The summed E-state index contributed by atoms with van der Waals surface area (Å²) in [5.41, 5.74) is -1.51. The van der Waals surface area contributed by atoms with E-state index < -0.39 is 45.1 Å². The average Bonchev–Trinajstić information content (AvgIpc) is 2.78. The van der Waals surface area contributed by atoms with Crippen LogP contribution in [0, 0.1) is 11.6 Å². The Balaban J connectivity index is 1.73. The molecular formula is C22H23F5N4O3S. The summed E-state index contributed by atoms with van der Waals surface area (Å²) in [6.07, 6.45) is 1.14. The second kappa shape index (κ2) is 10.6. The normalized spacial score (nSPS) is 14.9. The summed E-state index contributed by atoms with van der Waals surface area (Å²) in [7, 11) is -3.90. The van der Waals surface area contributed by atoms with Crippen LogP contribution in [0.1, 0.15) is 36.1 Å². The summed E-state index contributed by atoms with van der Waals surface area (Å²) in [5, 5.41) is 2.41. The number of piperidine rings is 1. The zero-order valence-corrected chi connectivity index (χ0v) is 19.4. The molecule has 1 aromatic heterocycles. The van der Waals surface area contributed by atoms with Gasteiger partial charge in [0.1, 0.15) is 17.2 Å². The van der Waals surface area contributed by atoms with Crippen molar-refractivity contribution in [2.24, 2.45) is 0 Å². The van der Waals surface area contributed by atoms with Gasteiger partial charge in [-0.25, -0.2) is 22.2 Å². The lowest BCUT2D eigenvalue weighted by molar-refractivity contribution is -0.141. The Kier molecular flexibility index (Phi) is 7.98. The Morgan fingerprint density at radius 2 is 1.74 bits per heavy atom. The van der Waals surface area contributed by atoms with E-state index in [2.05, 4.69) is 10.3 Å². The van der Waals surface area contributed by atoms with Crippen LogP contribution in [-0.4, -0.2) is 38.7 Å². The van der Waals surface area contributed by atoms with Gasteiger partial charge in [-0.15, -0.1) is 0 Å². The first-order chi connectivity index (χ1) is 16.3. The van der Waals surface area contributed by atoms with E-state index in [1.807, 2.05) is 0 Å². The molecule has 1 saturated heterocycles.